The van der Waals surface area contributed by atoms with Crippen molar-refractivity contribution in [2.75, 3.05) is 12.4 Å². The summed E-state index contributed by atoms with van der Waals surface area (Å²) in [6.07, 6.45) is 1.83. The molecule has 0 saturated heterocycles. The van der Waals surface area contributed by atoms with Crippen LogP contribution >= 0.6 is 0 Å². The van der Waals surface area contributed by atoms with E-state index in [0.717, 1.165) is 47.5 Å². The van der Waals surface area contributed by atoms with E-state index in [1.807, 2.05) is 31.2 Å². The molecule has 0 aliphatic carbocycles. The van der Waals surface area contributed by atoms with Gasteiger partial charge in [0.1, 0.15) is 5.82 Å². The lowest BCUT2D eigenvalue weighted by Gasteiger charge is -2.14. The van der Waals surface area contributed by atoms with E-state index in [4.69, 9.17) is 4.74 Å². The number of anilines is 1. The highest BCUT2D eigenvalue weighted by Crippen LogP contribution is 2.30. The van der Waals surface area contributed by atoms with Crippen LogP contribution in [0.2, 0.25) is 0 Å². The van der Waals surface area contributed by atoms with Gasteiger partial charge in [-0.25, -0.2) is 4.98 Å². The second-order valence-corrected chi connectivity index (χ2v) is 6.59. The Morgan fingerprint density at radius 2 is 2.19 bits per heavy atom. The third-order valence-corrected chi connectivity index (χ3v) is 4.93. The summed E-state index contributed by atoms with van der Waals surface area (Å²) in [5.74, 6) is 1.45. The molecule has 0 unspecified atom stereocenters. The Bertz CT molecular complexity index is 1060. The average Bonchev–Trinajstić information content (AvgIpc) is 3.10. The summed E-state index contributed by atoms with van der Waals surface area (Å²) in [5, 5.41) is 14.2. The summed E-state index contributed by atoms with van der Waals surface area (Å²) in [6.45, 7) is 3.15. The SMILES string of the molecule is COc1cccc(CNc2cc3c(=O)n4c(nc3cc2C)CCC4)c1O. The Labute approximate surface area is 151 Å². The highest BCUT2D eigenvalue weighted by Gasteiger charge is 2.17. The van der Waals surface area contributed by atoms with Crippen molar-refractivity contribution >= 4 is 16.6 Å². The fourth-order valence-electron chi connectivity index (χ4n) is 3.49. The first-order valence-electron chi connectivity index (χ1n) is 8.71. The zero-order chi connectivity index (χ0) is 18.3. The van der Waals surface area contributed by atoms with Gasteiger partial charge >= 0.3 is 0 Å². The number of aromatic nitrogens is 2. The second-order valence-electron chi connectivity index (χ2n) is 6.59. The van der Waals surface area contributed by atoms with Crippen LogP contribution in [0.25, 0.3) is 10.9 Å². The first kappa shape index (κ1) is 16.4. The molecule has 0 bridgehead atoms. The van der Waals surface area contributed by atoms with E-state index in [9.17, 15) is 9.90 Å². The largest absolute Gasteiger partial charge is 0.504 e. The van der Waals surface area contributed by atoms with Crippen LogP contribution in [0, 0.1) is 6.92 Å². The number of aromatic hydroxyl groups is 1. The smallest absolute Gasteiger partial charge is 0.261 e. The number of aryl methyl sites for hydroxylation is 2. The normalized spacial score (nSPS) is 13.0. The van der Waals surface area contributed by atoms with Gasteiger partial charge in [0.05, 0.1) is 18.0 Å². The maximum atomic E-state index is 12.7. The molecule has 134 valence electrons. The lowest BCUT2D eigenvalue weighted by atomic mass is 10.1. The first-order valence-corrected chi connectivity index (χ1v) is 8.71. The number of para-hydroxylation sites is 1. The molecule has 0 radical (unpaired) electrons. The predicted molar refractivity (Wildman–Crippen MR) is 101 cm³/mol. The molecule has 0 amide bonds. The van der Waals surface area contributed by atoms with Crippen molar-refractivity contribution in [3.63, 3.8) is 0 Å². The van der Waals surface area contributed by atoms with E-state index in [0.29, 0.717) is 17.7 Å². The number of nitrogens with zero attached hydrogens (tertiary/aromatic N) is 2. The third-order valence-electron chi connectivity index (χ3n) is 4.93. The molecule has 0 saturated carbocycles. The van der Waals surface area contributed by atoms with E-state index in [2.05, 4.69) is 10.3 Å². The number of ether oxygens (including phenoxy) is 1. The average molecular weight is 351 g/mol. The van der Waals surface area contributed by atoms with Gasteiger partial charge in [-0.05, 0) is 37.1 Å². The van der Waals surface area contributed by atoms with E-state index in [1.54, 1.807) is 10.6 Å². The Morgan fingerprint density at radius 3 is 3.00 bits per heavy atom. The Balaban J connectivity index is 1.69. The summed E-state index contributed by atoms with van der Waals surface area (Å²) in [7, 11) is 1.53. The molecule has 1 aliphatic rings. The minimum atomic E-state index is 0.0229. The van der Waals surface area contributed by atoms with E-state index in [1.165, 1.54) is 7.11 Å². The maximum absolute atomic E-state index is 12.7. The standard InChI is InChI=1S/C20H21N3O3/c1-12-9-16-14(20(25)23-8-4-7-18(23)22-16)10-15(12)21-11-13-5-3-6-17(26-2)19(13)24/h3,5-6,9-10,21,24H,4,7-8,11H2,1-2H3. The maximum Gasteiger partial charge on any atom is 0.261 e. The molecule has 0 fully saturated rings. The third kappa shape index (κ3) is 2.67. The Morgan fingerprint density at radius 1 is 1.35 bits per heavy atom. The zero-order valence-electron chi connectivity index (χ0n) is 14.9. The highest BCUT2D eigenvalue weighted by molar-refractivity contribution is 5.83. The summed E-state index contributed by atoms with van der Waals surface area (Å²) >= 11 is 0. The number of methoxy groups -OCH3 is 1. The molecule has 26 heavy (non-hydrogen) atoms. The Kier molecular flexibility index (Phi) is 4.03. The number of benzene rings is 2. The highest BCUT2D eigenvalue weighted by atomic mass is 16.5. The zero-order valence-corrected chi connectivity index (χ0v) is 14.9. The molecule has 2 heterocycles. The molecule has 4 rings (SSSR count). The fraction of sp³-hybridized carbons (Fsp3) is 0.300. The quantitative estimate of drug-likeness (QED) is 0.756. The van der Waals surface area contributed by atoms with Crippen LogP contribution in [-0.4, -0.2) is 21.8 Å². The number of fused-ring (bicyclic) bond motifs is 2. The van der Waals surface area contributed by atoms with Crippen LogP contribution < -0.4 is 15.6 Å². The second kappa shape index (κ2) is 6.37. The van der Waals surface area contributed by atoms with Gasteiger partial charge in [0.25, 0.3) is 5.56 Å². The number of hydrogen-bond acceptors (Lipinski definition) is 5. The number of nitrogens with one attached hydrogen (secondary N) is 1. The van der Waals surface area contributed by atoms with Crippen LogP contribution in [0.4, 0.5) is 5.69 Å². The van der Waals surface area contributed by atoms with Crippen LogP contribution in [0.1, 0.15) is 23.4 Å². The lowest BCUT2D eigenvalue weighted by Crippen LogP contribution is -2.21. The predicted octanol–water partition coefficient (Wildman–Crippen LogP) is 2.98. The Hall–Kier alpha value is -3.02. The van der Waals surface area contributed by atoms with Gasteiger partial charge in [0.15, 0.2) is 11.5 Å². The summed E-state index contributed by atoms with van der Waals surface area (Å²) < 4.78 is 6.92. The van der Waals surface area contributed by atoms with Gasteiger partial charge in [-0.2, -0.15) is 0 Å². The summed E-state index contributed by atoms with van der Waals surface area (Å²) in [4.78, 5) is 17.4. The van der Waals surface area contributed by atoms with Crippen LogP contribution in [0.5, 0.6) is 11.5 Å². The summed E-state index contributed by atoms with van der Waals surface area (Å²) in [5.41, 5.74) is 3.37. The number of hydrogen-bond donors (Lipinski definition) is 2. The number of phenolic OH excluding ortho intramolecular Hbond substituents is 1. The molecular formula is C20H21N3O3. The molecule has 1 aliphatic heterocycles. The van der Waals surface area contributed by atoms with Crippen molar-refractivity contribution in [3.8, 4) is 11.5 Å². The van der Waals surface area contributed by atoms with Crippen LogP contribution in [-0.2, 0) is 19.5 Å². The number of phenols is 1. The first-order chi connectivity index (χ1) is 12.6. The molecule has 6 heteroatoms. The van der Waals surface area contributed by atoms with Gasteiger partial charge in [0, 0.05) is 30.8 Å². The van der Waals surface area contributed by atoms with Crippen LogP contribution in [0.3, 0.4) is 0 Å². The van der Waals surface area contributed by atoms with Crippen molar-refractivity contribution in [3.05, 3.63) is 57.6 Å². The van der Waals surface area contributed by atoms with Crippen molar-refractivity contribution < 1.29 is 9.84 Å². The van der Waals surface area contributed by atoms with Crippen molar-refractivity contribution in [1.29, 1.82) is 0 Å². The van der Waals surface area contributed by atoms with E-state index < -0.39 is 0 Å². The lowest BCUT2D eigenvalue weighted by molar-refractivity contribution is 0.371. The molecular weight excluding hydrogens is 330 g/mol. The summed E-state index contributed by atoms with van der Waals surface area (Å²) in [6, 6.07) is 9.20. The molecule has 0 atom stereocenters. The molecule has 2 aromatic carbocycles. The van der Waals surface area contributed by atoms with Crippen molar-refractivity contribution in [1.82, 2.24) is 9.55 Å². The van der Waals surface area contributed by atoms with Crippen LogP contribution in [0.15, 0.2) is 35.1 Å². The van der Waals surface area contributed by atoms with Gasteiger partial charge in [-0.3, -0.25) is 9.36 Å². The van der Waals surface area contributed by atoms with Crippen molar-refractivity contribution in [2.45, 2.75) is 32.9 Å². The molecule has 0 spiro atoms. The van der Waals surface area contributed by atoms with Gasteiger partial charge in [0.2, 0.25) is 0 Å². The topological polar surface area (TPSA) is 76.4 Å². The number of rotatable bonds is 4. The molecule has 3 aromatic rings. The van der Waals surface area contributed by atoms with E-state index in [-0.39, 0.29) is 11.3 Å². The monoisotopic (exact) mass is 351 g/mol. The minimum Gasteiger partial charge on any atom is -0.504 e. The van der Waals surface area contributed by atoms with Gasteiger partial charge in [-0.1, -0.05) is 12.1 Å². The van der Waals surface area contributed by atoms with E-state index >= 15 is 0 Å². The molecule has 6 nitrogen and oxygen atoms in total. The minimum absolute atomic E-state index is 0.0229. The fourth-order valence-corrected chi connectivity index (χ4v) is 3.49. The van der Waals surface area contributed by atoms with Crippen molar-refractivity contribution in [2.24, 2.45) is 0 Å². The van der Waals surface area contributed by atoms with Gasteiger partial charge in [-0.15, -0.1) is 0 Å². The molecule has 2 N–H and O–H groups in total. The van der Waals surface area contributed by atoms with Gasteiger partial charge < -0.3 is 15.2 Å². The molecule has 1 aromatic heterocycles.